The van der Waals surface area contributed by atoms with E-state index in [0.29, 0.717) is 36.6 Å². The van der Waals surface area contributed by atoms with Crippen LogP contribution in [0.1, 0.15) is 41.4 Å². The van der Waals surface area contributed by atoms with Gasteiger partial charge in [0.2, 0.25) is 0 Å². The first-order valence-electron chi connectivity index (χ1n) is 6.90. The molecule has 0 aliphatic heterocycles. The third kappa shape index (κ3) is 3.93. The molecule has 0 saturated heterocycles. The molecule has 5 nitrogen and oxygen atoms in total. The molecule has 1 aromatic rings. The van der Waals surface area contributed by atoms with Crippen LogP contribution < -0.4 is 5.56 Å². The Labute approximate surface area is 119 Å². The van der Waals surface area contributed by atoms with Crippen LogP contribution in [-0.4, -0.2) is 30.9 Å². The van der Waals surface area contributed by atoms with Gasteiger partial charge in [-0.25, -0.2) is 4.79 Å². The van der Waals surface area contributed by atoms with Crippen LogP contribution in [0.2, 0.25) is 0 Å². The molecule has 112 valence electrons. The molecule has 0 unspecified atom stereocenters. The predicted octanol–water partition coefficient (Wildman–Crippen LogP) is 2.07. The normalized spacial score (nSPS) is 10.6. The third-order valence-corrected chi connectivity index (χ3v) is 3.23. The van der Waals surface area contributed by atoms with Gasteiger partial charge in [-0.1, -0.05) is 0 Å². The lowest BCUT2D eigenvalue weighted by atomic mass is 10.1. The largest absolute Gasteiger partial charge is 0.462 e. The van der Waals surface area contributed by atoms with E-state index >= 15 is 0 Å². The first-order valence-corrected chi connectivity index (χ1v) is 6.90. The number of esters is 1. The zero-order valence-electron chi connectivity index (χ0n) is 12.7. The van der Waals surface area contributed by atoms with E-state index in [2.05, 4.69) is 0 Å². The van der Waals surface area contributed by atoms with Gasteiger partial charge in [0.05, 0.1) is 12.2 Å². The summed E-state index contributed by atoms with van der Waals surface area (Å²) < 4.78 is 11.7. The Morgan fingerprint density at radius 2 is 2.00 bits per heavy atom. The van der Waals surface area contributed by atoms with E-state index in [0.717, 1.165) is 12.8 Å². The van der Waals surface area contributed by atoms with E-state index < -0.39 is 0 Å². The molecule has 0 bridgehead atoms. The quantitative estimate of drug-likeness (QED) is 0.567. The summed E-state index contributed by atoms with van der Waals surface area (Å²) in [5.74, 6) is -0.367. The van der Waals surface area contributed by atoms with E-state index in [1.54, 1.807) is 32.4 Å². The smallest absolute Gasteiger partial charge is 0.340 e. The van der Waals surface area contributed by atoms with Crippen molar-refractivity contribution in [2.75, 3.05) is 20.3 Å². The summed E-state index contributed by atoms with van der Waals surface area (Å²) in [6.45, 7) is 6.89. The number of hydrogen-bond acceptors (Lipinski definition) is 4. The van der Waals surface area contributed by atoms with E-state index in [1.165, 1.54) is 6.07 Å². The Hall–Kier alpha value is -1.62. The van der Waals surface area contributed by atoms with Crippen LogP contribution in [0.4, 0.5) is 0 Å². The molecule has 0 atom stereocenters. The average molecular weight is 281 g/mol. The number of carbonyl (C=O) groups excluding carboxylic acids is 1. The number of ether oxygens (including phenoxy) is 2. The molecular weight excluding hydrogens is 258 g/mol. The fourth-order valence-corrected chi connectivity index (χ4v) is 2.23. The Morgan fingerprint density at radius 1 is 1.30 bits per heavy atom. The molecule has 0 amide bonds. The number of nitrogens with zero attached hydrogens (tertiary/aromatic N) is 1. The zero-order chi connectivity index (χ0) is 15.1. The highest BCUT2D eigenvalue weighted by atomic mass is 16.5. The van der Waals surface area contributed by atoms with Gasteiger partial charge in [-0.15, -0.1) is 0 Å². The van der Waals surface area contributed by atoms with Gasteiger partial charge in [0.1, 0.15) is 0 Å². The predicted molar refractivity (Wildman–Crippen MR) is 77.2 cm³/mol. The Bertz CT molecular complexity index is 519. The lowest BCUT2D eigenvalue weighted by molar-refractivity contribution is 0.0523. The number of unbranched alkanes of at least 4 members (excludes halogenated alkanes) is 1. The van der Waals surface area contributed by atoms with Gasteiger partial charge < -0.3 is 14.0 Å². The standard InChI is InChI=1S/C15H23NO4/c1-5-20-15(18)14-11(2)10-13(17)16(12(14)3)8-6-7-9-19-4/h10H,5-9H2,1-4H3. The van der Waals surface area contributed by atoms with Crippen molar-refractivity contribution in [1.82, 2.24) is 4.57 Å². The van der Waals surface area contributed by atoms with Crippen molar-refractivity contribution >= 4 is 5.97 Å². The van der Waals surface area contributed by atoms with Crippen molar-refractivity contribution in [2.24, 2.45) is 0 Å². The maximum Gasteiger partial charge on any atom is 0.340 e. The van der Waals surface area contributed by atoms with Crippen LogP contribution in [0.3, 0.4) is 0 Å². The van der Waals surface area contributed by atoms with Crippen LogP contribution in [-0.2, 0) is 16.0 Å². The second-order valence-corrected chi connectivity index (χ2v) is 4.70. The number of carbonyl (C=O) groups is 1. The highest BCUT2D eigenvalue weighted by Gasteiger charge is 2.17. The van der Waals surface area contributed by atoms with Gasteiger partial charge >= 0.3 is 5.97 Å². The zero-order valence-corrected chi connectivity index (χ0v) is 12.7. The van der Waals surface area contributed by atoms with Gasteiger partial charge in [-0.2, -0.15) is 0 Å². The van der Waals surface area contributed by atoms with E-state index in [-0.39, 0.29) is 11.5 Å². The number of rotatable bonds is 7. The summed E-state index contributed by atoms with van der Waals surface area (Å²) in [6, 6.07) is 1.50. The molecule has 0 saturated carbocycles. The molecular formula is C15H23NO4. The minimum absolute atomic E-state index is 0.0783. The van der Waals surface area contributed by atoms with Crippen LogP contribution in [0.15, 0.2) is 10.9 Å². The average Bonchev–Trinajstić information content (AvgIpc) is 2.37. The summed E-state index contributed by atoms with van der Waals surface area (Å²) in [4.78, 5) is 24.0. The molecule has 0 fully saturated rings. The van der Waals surface area contributed by atoms with Gasteiger partial charge in [0, 0.05) is 32.0 Å². The lowest BCUT2D eigenvalue weighted by Gasteiger charge is -2.15. The molecule has 0 aromatic carbocycles. The Morgan fingerprint density at radius 3 is 2.60 bits per heavy atom. The number of aromatic nitrogens is 1. The van der Waals surface area contributed by atoms with Crippen LogP contribution in [0.5, 0.6) is 0 Å². The minimum atomic E-state index is -0.367. The highest BCUT2D eigenvalue weighted by molar-refractivity contribution is 5.92. The SMILES string of the molecule is CCOC(=O)c1c(C)cc(=O)n(CCCCOC)c1C. The molecule has 0 spiro atoms. The molecule has 5 heteroatoms. The van der Waals surface area contributed by atoms with Crippen molar-refractivity contribution in [2.45, 2.75) is 40.2 Å². The van der Waals surface area contributed by atoms with Gasteiger partial charge in [0.25, 0.3) is 5.56 Å². The fourth-order valence-electron chi connectivity index (χ4n) is 2.23. The summed E-state index contributed by atoms with van der Waals surface area (Å²) in [5.41, 5.74) is 1.76. The minimum Gasteiger partial charge on any atom is -0.462 e. The van der Waals surface area contributed by atoms with E-state index in [9.17, 15) is 9.59 Å². The fraction of sp³-hybridized carbons (Fsp3) is 0.600. The highest BCUT2D eigenvalue weighted by Crippen LogP contribution is 2.13. The van der Waals surface area contributed by atoms with Crippen LogP contribution in [0.25, 0.3) is 0 Å². The third-order valence-electron chi connectivity index (χ3n) is 3.23. The molecule has 0 N–H and O–H groups in total. The van der Waals surface area contributed by atoms with Crippen molar-refractivity contribution in [3.63, 3.8) is 0 Å². The molecule has 1 aromatic heterocycles. The molecule has 0 aliphatic rings. The molecule has 0 radical (unpaired) electrons. The first-order chi connectivity index (χ1) is 9.52. The number of hydrogen-bond donors (Lipinski definition) is 0. The summed E-state index contributed by atoms with van der Waals surface area (Å²) in [6.07, 6.45) is 1.71. The Balaban J connectivity index is 3.03. The van der Waals surface area contributed by atoms with Crippen LogP contribution >= 0.6 is 0 Å². The monoisotopic (exact) mass is 281 g/mol. The first kappa shape index (κ1) is 16.4. The molecule has 1 rings (SSSR count). The summed E-state index contributed by atoms with van der Waals surface area (Å²) >= 11 is 0. The summed E-state index contributed by atoms with van der Waals surface area (Å²) in [5, 5.41) is 0. The second-order valence-electron chi connectivity index (χ2n) is 4.70. The maximum absolute atomic E-state index is 12.0. The summed E-state index contributed by atoms with van der Waals surface area (Å²) in [7, 11) is 1.65. The molecule has 0 aliphatic carbocycles. The van der Waals surface area contributed by atoms with Crippen molar-refractivity contribution in [3.05, 3.63) is 33.2 Å². The maximum atomic E-state index is 12.0. The number of aryl methyl sites for hydroxylation is 1. The van der Waals surface area contributed by atoms with Crippen molar-refractivity contribution in [1.29, 1.82) is 0 Å². The van der Waals surface area contributed by atoms with Gasteiger partial charge in [-0.05, 0) is 39.2 Å². The van der Waals surface area contributed by atoms with Crippen molar-refractivity contribution < 1.29 is 14.3 Å². The molecule has 1 heterocycles. The Kier molecular flexibility index (Phi) is 6.45. The number of pyridine rings is 1. The van der Waals surface area contributed by atoms with Gasteiger partial charge in [0.15, 0.2) is 0 Å². The van der Waals surface area contributed by atoms with E-state index in [4.69, 9.17) is 9.47 Å². The lowest BCUT2D eigenvalue weighted by Crippen LogP contribution is -2.26. The van der Waals surface area contributed by atoms with Gasteiger partial charge in [-0.3, -0.25) is 4.79 Å². The van der Waals surface area contributed by atoms with Crippen molar-refractivity contribution in [3.8, 4) is 0 Å². The molecule has 20 heavy (non-hydrogen) atoms. The topological polar surface area (TPSA) is 57.5 Å². The van der Waals surface area contributed by atoms with Crippen LogP contribution in [0, 0.1) is 13.8 Å². The van der Waals surface area contributed by atoms with E-state index in [1.807, 2.05) is 0 Å². The second kappa shape index (κ2) is 7.85. The number of methoxy groups -OCH3 is 1.